The fourth-order valence-corrected chi connectivity index (χ4v) is 2.20. The molecule has 0 aliphatic carbocycles. The Labute approximate surface area is 131 Å². The zero-order valence-electron chi connectivity index (χ0n) is 11.4. The van der Waals surface area contributed by atoms with Crippen LogP contribution in [0.1, 0.15) is 5.69 Å². The smallest absolute Gasteiger partial charge is 0.247 e. The topological polar surface area (TPSA) is 78.4 Å². The molecule has 2 aromatic rings. The molecular formula is C13H11FN2O4S2. The third-order valence-corrected chi connectivity index (χ3v) is 3.49. The fraction of sp³-hybridized carbons (Fsp3) is 0.154. The number of halogens is 1. The molecule has 22 heavy (non-hydrogen) atoms. The van der Waals surface area contributed by atoms with Gasteiger partial charge < -0.3 is 0 Å². The maximum absolute atomic E-state index is 12.9. The quantitative estimate of drug-likeness (QED) is 0.345. The van der Waals surface area contributed by atoms with Crippen LogP contribution in [0.25, 0.3) is 11.3 Å². The highest BCUT2D eigenvalue weighted by atomic mass is 32.2. The van der Waals surface area contributed by atoms with E-state index in [4.69, 9.17) is 4.89 Å². The molecule has 116 valence electrons. The molecule has 0 saturated carbocycles. The molecule has 0 atom stereocenters. The van der Waals surface area contributed by atoms with E-state index in [0.29, 0.717) is 17.0 Å². The molecule has 0 aliphatic rings. The van der Waals surface area contributed by atoms with Crippen LogP contribution in [0.5, 0.6) is 5.75 Å². The van der Waals surface area contributed by atoms with Gasteiger partial charge in [0.05, 0.1) is 11.4 Å². The van der Waals surface area contributed by atoms with E-state index in [1.54, 1.807) is 24.3 Å². The first-order valence-corrected chi connectivity index (χ1v) is 8.31. The molecule has 0 spiro atoms. The van der Waals surface area contributed by atoms with Gasteiger partial charge in [0.1, 0.15) is 6.67 Å². The van der Waals surface area contributed by atoms with Gasteiger partial charge in [-0.1, -0.05) is 0 Å². The number of benzene rings is 1. The normalized spacial score (nSPS) is 11.0. The molecule has 0 saturated heterocycles. The highest BCUT2D eigenvalue weighted by molar-refractivity contribution is 7.90. The second-order valence-electron chi connectivity index (χ2n) is 4.23. The lowest BCUT2D eigenvalue weighted by atomic mass is 10.1. The first kappa shape index (κ1) is 16.2. The molecule has 2 rings (SSSR count). The minimum absolute atomic E-state index is 0.00482. The lowest BCUT2D eigenvalue weighted by molar-refractivity contribution is -0.106. The van der Waals surface area contributed by atoms with Gasteiger partial charge in [0, 0.05) is 11.8 Å². The highest BCUT2D eigenvalue weighted by Gasteiger charge is 2.15. The van der Waals surface area contributed by atoms with E-state index in [1.807, 2.05) is 0 Å². The van der Waals surface area contributed by atoms with E-state index in [0.717, 1.165) is 11.8 Å². The predicted octanol–water partition coefficient (Wildman–Crippen LogP) is 2.28. The number of hydrogen-bond acceptors (Lipinski definition) is 7. The van der Waals surface area contributed by atoms with E-state index >= 15 is 0 Å². The molecule has 0 amide bonds. The maximum Gasteiger partial charge on any atom is 0.247 e. The van der Waals surface area contributed by atoms with Gasteiger partial charge in [0.15, 0.2) is 5.75 Å². The van der Waals surface area contributed by atoms with Crippen LogP contribution in [0.3, 0.4) is 0 Å². The monoisotopic (exact) mass is 342 g/mol. The summed E-state index contributed by atoms with van der Waals surface area (Å²) in [6.45, 7) is -0.887. The van der Waals surface area contributed by atoms with E-state index in [9.17, 15) is 12.8 Å². The van der Waals surface area contributed by atoms with Crippen LogP contribution in [0.15, 0.2) is 35.5 Å². The summed E-state index contributed by atoms with van der Waals surface area (Å²) in [5.74, 6) is 0.396. The molecule has 0 unspecified atom stereocenters. The first-order chi connectivity index (χ1) is 10.4. The van der Waals surface area contributed by atoms with Crippen molar-refractivity contribution in [3.05, 3.63) is 36.0 Å². The Kier molecular flexibility index (Phi) is 4.99. The summed E-state index contributed by atoms with van der Waals surface area (Å²) < 4.78 is 36.0. The summed E-state index contributed by atoms with van der Waals surface area (Å²) >= 11 is 4.45. The Morgan fingerprint density at radius 1 is 1.27 bits per heavy atom. The third kappa shape index (κ3) is 3.95. The lowest BCUT2D eigenvalue weighted by Gasteiger charge is -2.06. The van der Waals surface area contributed by atoms with Gasteiger partial charge in [0.2, 0.25) is 20.5 Å². The Bertz CT molecular complexity index is 779. The van der Waals surface area contributed by atoms with Crippen molar-refractivity contribution < 1.29 is 22.6 Å². The third-order valence-electron chi connectivity index (χ3n) is 2.56. The number of thiocarbonyl (C=S) groups is 1. The van der Waals surface area contributed by atoms with Gasteiger partial charge >= 0.3 is 0 Å². The summed E-state index contributed by atoms with van der Waals surface area (Å²) in [6.07, 6.45) is 0.966. The van der Waals surface area contributed by atoms with Crippen LogP contribution in [0.4, 0.5) is 4.39 Å². The molecule has 0 fully saturated rings. The van der Waals surface area contributed by atoms with Gasteiger partial charge in [-0.3, -0.25) is 9.78 Å². The molecular weight excluding hydrogens is 331 g/mol. The van der Waals surface area contributed by atoms with Crippen molar-refractivity contribution >= 4 is 27.6 Å². The van der Waals surface area contributed by atoms with E-state index in [1.165, 1.54) is 6.07 Å². The summed E-state index contributed by atoms with van der Waals surface area (Å²) in [4.78, 5) is 16.9. The zero-order chi connectivity index (χ0) is 16.2. The number of hydrogen-bond donors (Lipinski definition) is 0. The van der Waals surface area contributed by atoms with Crippen molar-refractivity contribution in [3.8, 4) is 17.0 Å². The molecule has 0 N–H and O–H groups in total. The summed E-state index contributed by atoms with van der Waals surface area (Å²) in [7, 11) is -3.64. The van der Waals surface area contributed by atoms with Crippen molar-refractivity contribution in [2.24, 2.45) is 0 Å². The van der Waals surface area contributed by atoms with E-state index in [-0.39, 0.29) is 5.69 Å². The second kappa shape index (κ2) is 6.75. The molecule has 1 aromatic heterocycles. The van der Waals surface area contributed by atoms with Crippen LogP contribution in [0.2, 0.25) is 0 Å². The number of sulfone groups is 1. The van der Waals surface area contributed by atoms with Crippen molar-refractivity contribution in [3.63, 3.8) is 0 Å². The first-order valence-electron chi connectivity index (χ1n) is 5.95. The van der Waals surface area contributed by atoms with E-state index < -0.39 is 21.7 Å². The number of rotatable bonds is 6. The lowest BCUT2D eigenvalue weighted by Crippen LogP contribution is -2.07. The van der Waals surface area contributed by atoms with Crippen molar-refractivity contribution in [1.82, 2.24) is 9.97 Å². The van der Waals surface area contributed by atoms with Gasteiger partial charge in [-0.05, 0) is 42.5 Å². The minimum Gasteiger partial charge on any atom is -0.290 e. The molecule has 1 heterocycles. The highest BCUT2D eigenvalue weighted by Crippen LogP contribution is 2.22. The Morgan fingerprint density at radius 2 is 1.95 bits per heavy atom. The van der Waals surface area contributed by atoms with Crippen molar-refractivity contribution in [1.29, 1.82) is 0 Å². The maximum atomic E-state index is 12.9. The molecule has 6 nitrogen and oxygen atoms in total. The second-order valence-corrected chi connectivity index (χ2v) is 6.33. The largest absolute Gasteiger partial charge is 0.290 e. The Balaban J connectivity index is 2.41. The van der Waals surface area contributed by atoms with Crippen LogP contribution in [0, 0.1) is 0 Å². The summed E-state index contributed by atoms with van der Waals surface area (Å²) in [5.41, 5.74) is 1.83. The average molecular weight is 342 g/mol. The van der Waals surface area contributed by atoms with E-state index in [2.05, 4.69) is 27.1 Å². The molecule has 0 bridgehead atoms. The van der Waals surface area contributed by atoms with Gasteiger partial charge in [0.25, 0.3) is 0 Å². The Hall–Kier alpha value is -2.13. The SMILES string of the molecule is CS(=O)(=O)c1nc(CF)cc(-c2ccc(OOC=S)cc2)n1. The number of nitrogens with zero attached hydrogens (tertiary/aromatic N) is 2. The average Bonchev–Trinajstić information content (AvgIpc) is 2.52. The van der Waals surface area contributed by atoms with Gasteiger partial charge in [-0.25, -0.2) is 22.8 Å². The number of aromatic nitrogens is 2. The van der Waals surface area contributed by atoms with Crippen LogP contribution >= 0.6 is 12.2 Å². The predicted molar refractivity (Wildman–Crippen MR) is 80.8 cm³/mol. The zero-order valence-corrected chi connectivity index (χ0v) is 13.0. The Morgan fingerprint density at radius 3 is 2.50 bits per heavy atom. The summed E-state index contributed by atoms with van der Waals surface area (Å²) in [6, 6.07) is 7.78. The minimum atomic E-state index is -3.64. The van der Waals surface area contributed by atoms with Crippen LogP contribution in [-0.2, 0) is 21.4 Å². The van der Waals surface area contributed by atoms with Crippen molar-refractivity contribution in [2.45, 2.75) is 11.8 Å². The summed E-state index contributed by atoms with van der Waals surface area (Å²) in [5, 5.41) is -0.415. The standard InChI is InChI=1S/C13H11FN2O4S2/c1-22(17,18)13-15-10(7-14)6-12(16-13)9-2-4-11(5-3-9)20-19-8-21/h2-6,8H,7H2,1H3. The number of alkyl halides is 1. The van der Waals surface area contributed by atoms with Crippen LogP contribution in [-0.4, -0.2) is 30.2 Å². The molecule has 9 heteroatoms. The fourth-order valence-electron chi connectivity index (χ4n) is 1.61. The van der Waals surface area contributed by atoms with Crippen LogP contribution < -0.4 is 4.89 Å². The molecule has 1 aromatic carbocycles. The van der Waals surface area contributed by atoms with Gasteiger partial charge in [-0.15, -0.1) is 0 Å². The molecule has 0 aliphatic heterocycles. The van der Waals surface area contributed by atoms with Crippen molar-refractivity contribution in [2.75, 3.05) is 6.26 Å². The molecule has 0 radical (unpaired) electrons. The van der Waals surface area contributed by atoms with Gasteiger partial charge in [-0.2, -0.15) is 0 Å².